The number of benzene rings is 2. The van der Waals surface area contributed by atoms with Crippen molar-refractivity contribution < 1.29 is 14.3 Å². The third kappa shape index (κ3) is 5.39. The minimum atomic E-state index is -0.479. The Balaban J connectivity index is 1.96. The molecule has 0 radical (unpaired) electrons. The van der Waals surface area contributed by atoms with Crippen LogP contribution in [0.15, 0.2) is 67.3 Å². The van der Waals surface area contributed by atoms with Gasteiger partial charge in [0.2, 0.25) is 0 Å². The van der Waals surface area contributed by atoms with Crippen molar-refractivity contribution in [3.8, 4) is 0 Å². The highest BCUT2D eigenvalue weighted by atomic mass is 16.5. The summed E-state index contributed by atoms with van der Waals surface area (Å²) >= 11 is 0. The van der Waals surface area contributed by atoms with E-state index in [1.165, 1.54) is 5.56 Å². The van der Waals surface area contributed by atoms with E-state index < -0.39 is 5.97 Å². The van der Waals surface area contributed by atoms with Gasteiger partial charge in [0, 0.05) is 6.54 Å². The molecule has 2 aromatic carbocycles. The maximum atomic E-state index is 12.2. The molecule has 0 aliphatic rings. The molecule has 0 aliphatic carbocycles. The van der Waals surface area contributed by atoms with E-state index in [9.17, 15) is 9.59 Å². The standard InChI is InChI=1S/C20H21NO3/c1-2-14-21-19(22)15-24-20(23)18-11-7-6-10-17(18)13-12-16-8-4-3-5-9-16/h2-11H,1,12-15H2,(H,21,22). The molecule has 0 aromatic heterocycles. The summed E-state index contributed by atoms with van der Waals surface area (Å²) in [6, 6.07) is 17.4. The molecule has 2 rings (SSSR count). The van der Waals surface area contributed by atoms with Crippen LogP contribution in [0.3, 0.4) is 0 Å². The van der Waals surface area contributed by atoms with Crippen LogP contribution in [0.2, 0.25) is 0 Å². The Morgan fingerprint density at radius 3 is 2.46 bits per heavy atom. The van der Waals surface area contributed by atoms with Gasteiger partial charge < -0.3 is 10.1 Å². The minimum absolute atomic E-state index is 0.292. The molecule has 0 heterocycles. The lowest BCUT2D eigenvalue weighted by molar-refractivity contribution is -0.124. The molecule has 1 amide bonds. The topological polar surface area (TPSA) is 55.4 Å². The predicted octanol–water partition coefficient (Wildman–Crippen LogP) is 2.93. The van der Waals surface area contributed by atoms with Gasteiger partial charge >= 0.3 is 5.97 Å². The van der Waals surface area contributed by atoms with E-state index in [4.69, 9.17) is 4.74 Å². The van der Waals surface area contributed by atoms with Gasteiger partial charge in [0.25, 0.3) is 5.91 Å². The van der Waals surface area contributed by atoms with Gasteiger partial charge in [-0.3, -0.25) is 4.79 Å². The van der Waals surface area contributed by atoms with E-state index in [1.54, 1.807) is 18.2 Å². The summed E-state index contributed by atoms with van der Waals surface area (Å²) in [5.41, 5.74) is 2.63. The molecule has 4 nitrogen and oxygen atoms in total. The third-order valence-electron chi connectivity index (χ3n) is 3.54. The molecule has 24 heavy (non-hydrogen) atoms. The second-order valence-corrected chi connectivity index (χ2v) is 5.31. The number of amides is 1. The Morgan fingerprint density at radius 2 is 1.71 bits per heavy atom. The van der Waals surface area contributed by atoms with Crippen LogP contribution in [0, 0.1) is 0 Å². The van der Waals surface area contributed by atoms with Crippen LogP contribution < -0.4 is 5.32 Å². The molecule has 124 valence electrons. The quantitative estimate of drug-likeness (QED) is 0.600. The van der Waals surface area contributed by atoms with Gasteiger partial charge in [0.1, 0.15) is 0 Å². The highest BCUT2D eigenvalue weighted by molar-refractivity contribution is 5.92. The Labute approximate surface area is 142 Å². The van der Waals surface area contributed by atoms with Crippen LogP contribution in [0.1, 0.15) is 21.5 Å². The monoisotopic (exact) mass is 323 g/mol. The number of hydrogen-bond donors (Lipinski definition) is 1. The Morgan fingerprint density at radius 1 is 1.00 bits per heavy atom. The van der Waals surface area contributed by atoms with Gasteiger partial charge in [0.15, 0.2) is 6.61 Å². The van der Waals surface area contributed by atoms with Crippen molar-refractivity contribution in [3.05, 3.63) is 83.9 Å². The van der Waals surface area contributed by atoms with E-state index in [0.717, 1.165) is 18.4 Å². The summed E-state index contributed by atoms with van der Waals surface area (Å²) in [6.45, 7) is 3.57. The number of carbonyl (C=O) groups excluding carboxylic acids is 2. The molecule has 0 atom stereocenters. The fourth-order valence-electron chi connectivity index (χ4n) is 2.31. The first kappa shape index (κ1) is 17.5. The zero-order chi connectivity index (χ0) is 17.2. The van der Waals surface area contributed by atoms with Crippen LogP contribution in [-0.2, 0) is 22.4 Å². The molecule has 0 saturated carbocycles. The lowest BCUT2D eigenvalue weighted by atomic mass is 10.00. The first-order chi connectivity index (χ1) is 11.7. The number of rotatable bonds is 8. The summed E-state index contributed by atoms with van der Waals surface area (Å²) < 4.78 is 5.09. The first-order valence-electron chi connectivity index (χ1n) is 7.87. The summed E-state index contributed by atoms with van der Waals surface area (Å²) in [6.07, 6.45) is 3.14. The fourth-order valence-corrected chi connectivity index (χ4v) is 2.31. The van der Waals surface area contributed by atoms with Crippen LogP contribution in [-0.4, -0.2) is 25.0 Å². The molecular formula is C20H21NO3. The van der Waals surface area contributed by atoms with Crippen molar-refractivity contribution in [2.75, 3.05) is 13.2 Å². The highest BCUT2D eigenvalue weighted by Gasteiger charge is 2.13. The largest absolute Gasteiger partial charge is 0.452 e. The lowest BCUT2D eigenvalue weighted by Gasteiger charge is -2.10. The summed E-state index contributed by atoms with van der Waals surface area (Å²) in [5.74, 6) is -0.822. The van der Waals surface area contributed by atoms with Gasteiger partial charge in [-0.15, -0.1) is 6.58 Å². The molecule has 0 saturated heterocycles. The first-order valence-corrected chi connectivity index (χ1v) is 7.87. The summed E-state index contributed by atoms with van der Waals surface area (Å²) in [5, 5.41) is 2.57. The Hall–Kier alpha value is -2.88. The van der Waals surface area contributed by atoms with Crippen molar-refractivity contribution in [2.45, 2.75) is 12.8 Å². The number of nitrogens with one attached hydrogen (secondary N) is 1. The number of hydrogen-bond acceptors (Lipinski definition) is 3. The van der Waals surface area contributed by atoms with Crippen LogP contribution in [0.4, 0.5) is 0 Å². The molecule has 0 aliphatic heterocycles. The Bertz CT molecular complexity index is 695. The average Bonchev–Trinajstić information content (AvgIpc) is 2.63. The van der Waals surface area contributed by atoms with Gasteiger partial charge in [0.05, 0.1) is 5.56 Å². The SMILES string of the molecule is C=CCNC(=O)COC(=O)c1ccccc1CCc1ccccc1. The van der Waals surface area contributed by atoms with Crippen molar-refractivity contribution in [2.24, 2.45) is 0 Å². The van der Waals surface area contributed by atoms with Crippen LogP contribution in [0.5, 0.6) is 0 Å². The van der Waals surface area contributed by atoms with Crippen molar-refractivity contribution in [3.63, 3.8) is 0 Å². The Kier molecular flexibility index (Phi) is 6.77. The number of carbonyl (C=O) groups is 2. The summed E-state index contributed by atoms with van der Waals surface area (Å²) in [4.78, 5) is 23.7. The second-order valence-electron chi connectivity index (χ2n) is 5.31. The van der Waals surface area contributed by atoms with Crippen LogP contribution >= 0.6 is 0 Å². The van der Waals surface area contributed by atoms with Crippen molar-refractivity contribution in [1.29, 1.82) is 0 Å². The van der Waals surface area contributed by atoms with Gasteiger partial charge in [-0.1, -0.05) is 54.6 Å². The number of ether oxygens (including phenoxy) is 1. The smallest absolute Gasteiger partial charge is 0.338 e. The molecule has 1 N–H and O–H groups in total. The molecule has 0 bridgehead atoms. The van der Waals surface area contributed by atoms with Crippen molar-refractivity contribution >= 4 is 11.9 Å². The van der Waals surface area contributed by atoms with E-state index >= 15 is 0 Å². The average molecular weight is 323 g/mol. The molecule has 4 heteroatoms. The zero-order valence-corrected chi connectivity index (χ0v) is 13.5. The molecule has 2 aromatic rings. The zero-order valence-electron chi connectivity index (χ0n) is 13.5. The molecule has 0 unspecified atom stereocenters. The highest BCUT2D eigenvalue weighted by Crippen LogP contribution is 2.14. The maximum Gasteiger partial charge on any atom is 0.338 e. The lowest BCUT2D eigenvalue weighted by Crippen LogP contribution is -2.28. The summed E-state index contributed by atoms with van der Waals surface area (Å²) in [7, 11) is 0. The number of esters is 1. The van der Waals surface area contributed by atoms with Gasteiger partial charge in [-0.2, -0.15) is 0 Å². The normalized spacial score (nSPS) is 10.0. The van der Waals surface area contributed by atoms with E-state index in [2.05, 4.69) is 24.0 Å². The maximum absolute atomic E-state index is 12.2. The predicted molar refractivity (Wildman–Crippen MR) is 93.8 cm³/mol. The van der Waals surface area contributed by atoms with Gasteiger partial charge in [-0.05, 0) is 30.0 Å². The van der Waals surface area contributed by atoms with E-state index in [1.807, 2.05) is 30.3 Å². The fraction of sp³-hybridized carbons (Fsp3) is 0.200. The molecule has 0 spiro atoms. The number of aryl methyl sites for hydroxylation is 2. The second kappa shape index (κ2) is 9.30. The molecule has 0 fully saturated rings. The van der Waals surface area contributed by atoms with E-state index in [0.29, 0.717) is 12.1 Å². The van der Waals surface area contributed by atoms with E-state index in [-0.39, 0.29) is 12.5 Å². The minimum Gasteiger partial charge on any atom is -0.452 e. The third-order valence-corrected chi connectivity index (χ3v) is 3.54. The van der Waals surface area contributed by atoms with Crippen molar-refractivity contribution in [1.82, 2.24) is 5.32 Å². The van der Waals surface area contributed by atoms with Crippen LogP contribution in [0.25, 0.3) is 0 Å². The molecular weight excluding hydrogens is 302 g/mol. The van der Waals surface area contributed by atoms with Gasteiger partial charge in [-0.25, -0.2) is 4.79 Å².